The summed E-state index contributed by atoms with van der Waals surface area (Å²) >= 11 is 5.96. The van der Waals surface area contributed by atoms with Gasteiger partial charge in [-0.3, -0.25) is 0 Å². The Morgan fingerprint density at radius 1 is 1.19 bits per heavy atom. The summed E-state index contributed by atoms with van der Waals surface area (Å²) in [5.41, 5.74) is 2.88. The predicted molar refractivity (Wildman–Crippen MR) is 83.1 cm³/mol. The zero-order valence-electron chi connectivity index (χ0n) is 12.0. The van der Waals surface area contributed by atoms with E-state index in [0.29, 0.717) is 17.2 Å². The van der Waals surface area contributed by atoms with E-state index in [2.05, 4.69) is 0 Å². The van der Waals surface area contributed by atoms with E-state index in [1.165, 1.54) is 0 Å². The lowest BCUT2D eigenvalue weighted by Gasteiger charge is -2.17. The van der Waals surface area contributed by atoms with Gasteiger partial charge >= 0.3 is 5.97 Å². The van der Waals surface area contributed by atoms with Crippen molar-refractivity contribution in [2.45, 2.75) is 26.4 Å². The number of carbonyl (C=O) groups is 1. The first-order chi connectivity index (χ1) is 9.97. The first kappa shape index (κ1) is 15.4. The van der Waals surface area contributed by atoms with Crippen LogP contribution in [0.4, 0.5) is 0 Å². The number of hydrogen-bond acceptors (Lipinski definition) is 2. The smallest absolute Gasteiger partial charge is 0.345 e. The van der Waals surface area contributed by atoms with Crippen molar-refractivity contribution < 1.29 is 14.6 Å². The molecule has 0 saturated carbocycles. The average molecular weight is 305 g/mol. The lowest BCUT2D eigenvalue weighted by atomic mass is 10.0. The molecule has 0 aliphatic rings. The van der Waals surface area contributed by atoms with Crippen molar-refractivity contribution in [1.29, 1.82) is 0 Å². The summed E-state index contributed by atoms with van der Waals surface area (Å²) in [5, 5.41) is 9.99. The Labute approximate surface area is 129 Å². The van der Waals surface area contributed by atoms with Crippen LogP contribution < -0.4 is 4.74 Å². The van der Waals surface area contributed by atoms with Crippen LogP contribution in [0, 0.1) is 13.8 Å². The van der Waals surface area contributed by atoms with Gasteiger partial charge in [0, 0.05) is 11.4 Å². The maximum Gasteiger partial charge on any atom is 0.345 e. The first-order valence-electron chi connectivity index (χ1n) is 6.67. The number of aryl methyl sites for hydroxylation is 2. The molecule has 1 atom stereocenters. The summed E-state index contributed by atoms with van der Waals surface area (Å²) in [4.78, 5) is 11.4. The summed E-state index contributed by atoms with van der Waals surface area (Å²) < 4.78 is 5.61. The quantitative estimate of drug-likeness (QED) is 0.907. The third-order valence-corrected chi connectivity index (χ3v) is 3.77. The highest BCUT2D eigenvalue weighted by Crippen LogP contribution is 2.23. The second-order valence-electron chi connectivity index (χ2n) is 4.99. The molecule has 3 nitrogen and oxygen atoms in total. The summed E-state index contributed by atoms with van der Waals surface area (Å²) in [7, 11) is 0. The third kappa shape index (κ3) is 3.99. The SMILES string of the molecule is Cc1cc(O[C@@H](Cc2ccccc2C)C(=O)O)ccc1Cl. The third-order valence-electron chi connectivity index (χ3n) is 3.35. The van der Waals surface area contributed by atoms with E-state index < -0.39 is 12.1 Å². The van der Waals surface area contributed by atoms with Gasteiger partial charge in [0.2, 0.25) is 0 Å². The number of carboxylic acids is 1. The number of aliphatic carboxylic acids is 1. The van der Waals surface area contributed by atoms with Crippen molar-refractivity contribution in [1.82, 2.24) is 0 Å². The van der Waals surface area contributed by atoms with E-state index in [9.17, 15) is 9.90 Å². The molecular formula is C17H17ClO3. The van der Waals surface area contributed by atoms with Gasteiger partial charge in [-0.05, 0) is 48.7 Å². The number of halogens is 1. The monoisotopic (exact) mass is 304 g/mol. The van der Waals surface area contributed by atoms with Crippen LogP contribution in [0.3, 0.4) is 0 Å². The van der Waals surface area contributed by atoms with Gasteiger partial charge in [-0.15, -0.1) is 0 Å². The molecule has 2 aromatic rings. The van der Waals surface area contributed by atoms with Gasteiger partial charge in [-0.1, -0.05) is 35.9 Å². The number of carboxylic acid groups (broad SMARTS) is 1. The van der Waals surface area contributed by atoms with Gasteiger partial charge in [-0.2, -0.15) is 0 Å². The van der Waals surface area contributed by atoms with Crippen LogP contribution in [0.25, 0.3) is 0 Å². The number of benzene rings is 2. The van der Waals surface area contributed by atoms with Crippen molar-refractivity contribution in [2.24, 2.45) is 0 Å². The topological polar surface area (TPSA) is 46.5 Å². The molecule has 0 bridgehead atoms. The fourth-order valence-electron chi connectivity index (χ4n) is 2.07. The van der Waals surface area contributed by atoms with Crippen molar-refractivity contribution in [3.63, 3.8) is 0 Å². The maximum atomic E-state index is 11.4. The standard InChI is InChI=1S/C17H17ClO3/c1-11-5-3-4-6-13(11)10-16(17(19)20)21-14-7-8-15(18)12(2)9-14/h3-9,16H,10H2,1-2H3,(H,19,20)/t16-/m0/s1. The molecule has 0 aliphatic carbocycles. The van der Waals surface area contributed by atoms with E-state index in [4.69, 9.17) is 16.3 Å². The molecule has 21 heavy (non-hydrogen) atoms. The van der Waals surface area contributed by atoms with Gasteiger partial charge in [0.05, 0.1) is 0 Å². The van der Waals surface area contributed by atoms with E-state index in [1.54, 1.807) is 18.2 Å². The first-order valence-corrected chi connectivity index (χ1v) is 7.05. The molecule has 0 fully saturated rings. The second kappa shape index (κ2) is 6.64. The molecule has 110 valence electrons. The molecule has 0 radical (unpaired) electrons. The van der Waals surface area contributed by atoms with Gasteiger partial charge in [0.25, 0.3) is 0 Å². The molecule has 0 saturated heterocycles. The Morgan fingerprint density at radius 2 is 1.90 bits per heavy atom. The minimum Gasteiger partial charge on any atom is -0.478 e. The number of hydrogen-bond donors (Lipinski definition) is 1. The molecular weight excluding hydrogens is 288 g/mol. The van der Waals surface area contributed by atoms with Gasteiger partial charge in [0.1, 0.15) is 5.75 Å². The molecule has 1 N–H and O–H groups in total. The molecule has 0 heterocycles. The Hall–Kier alpha value is -2.00. The highest BCUT2D eigenvalue weighted by atomic mass is 35.5. The van der Waals surface area contributed by atoms with Gasteiger partial charge < -0.3 is 9.84 Å². The van der Waals surface area contributed by atoms with Crippen LogP contribution in [-0.2, 0) is 11.2 Å². The van der Waals surface area contributed by atoms with E-state index in [1.807, 2.05) is 38.1 Å². The normalized spacial score (nSPS) is 12.0. The minimum atomic E-state index is -0.981. The molecule has 4 heteroatoms. The minimum absolute atomic E-state index is 0.323. The fourth-order valence-corrected chi connectivity index (χ4v) is 2.19. The molecule has 0 spiro atoms. The Balaban J connectivity index is 2.18. The maximum absolute atomic E-state index is 11.4. The average Bonchev–Trinajstić information content (AvgIpc) is 2.44. The molecule has 2 rings (SSSR count). The summed E-state index contributed by atoms with van der Waals surface area (Å²) in [5.74, 6) is -0.469. The van der Waals surface area contributed by atoms with Crippen molar-refractivity contribution in [3.05, 3.63) is 64.2 Å². The zero-order chi connectivity index (χ0) is 15.4. The van der Waals surface area contributed by atoms with E-state index in [0.717, 1.165) is 16.7 Å². The molecule has 0 unspecified atom stereocenters. The Morgan fingerprint density at radius 3 is 2.52 bits per heavy atom. The van der Waals surface area contributed by atoms with Crippen LogP contribution in [-0.4, -0.2) is 17.2 Å². The largest absolute Gasteiger partial charge is 0.478 e. The predicted octanol–water partition coefficient (Wildman–Crippen LogP) is 4.03. The zero-order valence-corrected chi connectivity index (χ0v) is 12.7. The highest BCUT2D eigenvalue weighted by Gasteiger charge is 2.21. The van der Waals surface area contributed by atoms with Gasteiger partial charge in [-0.25, -0.2) is 4.79 Å². The molecule has 0 aromatic heterocycles. The molecule has 2 aromatic carbocycles. The highest BCUT2D eigenvalue weighted by molar-refractivity contribution is 6.31. The molecule has 0 aliphatic heterocycles. The lowest BCUT2D eigenvalue weighted by Crippen LogP contribution is -2.29. The summed E-state index contributed by atoms with van der Waals surface area (Å²) in [6, 6.07) is 12.8. The van der Waals surface area contributed by atoms with Crippen molar-refractivity contribution in [3.8, 4) is 5.75 Å². The Bertz CT molecular complexity index is 652. The number of rotatable bonds is 5. The lowest BCUT2D eigenvalue weighted by molar-refractivity contribution is -0.145. The number of ether oxygens (including phenoxy) is 1. The van der Waals surface area contributed by atoms with Crippen LogP contribution in [0.15, 0.2) is 42.5 Å². The van der Waals surface area contributed by atoms with Crippen molar-refractivity contribution in [2.75, 3.05) is 0 Å². The summed E-state index contributed by atoms with van der Waals surface area (Å²) in [6.45, 7) is 3.81. The van der Waals surface area contributed by atoms with Crippen molar-refractivity contribution >= 4 is 17.6 Å². The van der Waals surface area contributed by atoms with Crippen LogP contribution in [0.5, 0.6) is 5.75 Å². The van der Waals surface area contributed by atoms with Gasteiger partial charge in [0.15, 0.2) is 6.10 Å². The Kier molecular flexibility index (Phi) is 4.86. The van der Waals surface area contributed by atoms with Crippen LogP contribution in [0.1, 0.15) is 16.7 Å². The van der Waals surface area contributed by atoms with Crippen LogP contribution in [0.2, 0.25) is 5.02 Å². The van der Waals surface area contributed by atoms with E-state index >= 15 is 0 Å². The fraction of sp³-hybridized carbons (Fsp3) is 0.235. The molecule has 0 amide bonds. The second-order valence-corrected chi connectivity index (χ2v) is 5.39. The van der Waals surface area contributed by atoms with E-state index in [-0.39, 0.29) is 0 Å². The summed E-state index contributed by atoms with van der Waals surface area (Å²) in [6.07, 6.45) is -0.601. The van der Waals surface area contributed by atoms with Crippen LogP contribution >= 0.6 is 11.6 Å².